The summed E-state index contributed by atoms with van der Waals surface area (Å²) >= 11 is 1.88. The van der Waals surface area contributed by atoms with Gasteiger partial charge in [0.15, 0.2) is 5.82 Å². The SMILES string of the molecule is c1ccc(-c2ncc(-n3c4ccc5ccccc5c4c4c5sc6ccccc6c5ccc43)c(-c3ccccc3)n2)cc1. The zero-order valence-electron chi connectivity index (χ0n) is 22.5. The molecule has 42 heavy (non-hydrogen) atoms. The average molecular weight is 554 g/mol. The first-order chi connectivity index (χ1) is 20.8. The number of hydrogen-bond donors (Lipinski definition) is 0. The van der Waals surface area contributed by atoms with E-state index in [4.69, 9.17) is 9.97 Å². The van der Waals surface area contributed by atoms with Crippen LogP contribution in [0.2, 0.25) is 0 Å². The molecule has 9 rings (SSSR count). The molecule has 3 heterocycles. The molecule has 0 fully saturated rings. The van der Waals surface area contributed by atoms with E-state index in [0.29, 0.717) is 0 Å². The normalized spacial score (nSPS) is 11.8. The van der Waals surface area contributed by atoms with Gasteiger partial charge in [0.25, 0.3) is 0 Å². The third kappa shape index (κ3) is 3.39. The predicted octanol–water partition coefficient (Wildman–Crippen LogP) is 10.4. The van der Waals surface area contributed by atoms with Gasteiger partial charge in [-0.25, -0.2) is 9.97 Å². The number of thiophene rings is 1. The molecule has 3 aromatic heterocycles. The van der Waals surface area contributed by atoms with Crippen LogP contribution in [0.5, 0.6) is 0 Å². The average Bonchev–Trinajstić information content (AvgIpc) is 3.61. The zero-order chi connectivity index (χ0) is 27.6. The highest BCUT2D eigenvalue weighted by atomic mass is 32.1. The fourth-order valence-corrected chi connectivity index (χ4v) is 7.63. The van der Waals surface area contributed by atoms with Gasteiger partial charge < -0.3 is 4.57 Å². The van der Waals surface area contributed by atoms with Gasteiger partial charge in [-0.3, -0.25) is 0 Å². The smallest absolute Gasteiger partial charge is 0.159 e. The van der Waals surface area contributed by atoms with Gasteiger partial charge in [0.05, 0.1) is 28.6 Å². The van der Waals surface area contributed by atoms with E-state index < -0.39 is 0 Å². The van der Waals surface area contributed by atoms with Crippen molar-refractivity contribution >= 4 is 64.1 Å². The van der Waals surface area contributed by atoms with Crippen molar-refractivity contribution in [2.75, 3.05) is 0 Å². The van der Waals surface area contributed by atoms with Gasteiger partial charge in [0, 0.05) is 42.1 Å². The molecule has 0 aliphatic rings. The Kier molecular flexibility index (Phi) is 5.07. The standard InChI is InChI=1S/C38H23N3S/c1-3-12-25(13-4-1)36-32(23-39-38(40-36)26-14-5-2-6-15-26)41-30-21-19-24-11-7-8-16-27(24)34(30)35-31(41)22-20-29-28-17-9-10-18-33(28)42-37(29)35/h1-23H. The lowest BCUT2D eigenvalue weighted by molar-refractivity contribution is 1.09. The highest BCUT2D eigenvalue weighted by Crippen LogP contribution is 2.46. The first-order valence-electron chi connectivity index (χ1n) is 14.1. The van der Waals surface area contributed by atoms with E-state index in [9.17, 15) is 0 Å². The first-order valence-corrected chi connectivity index (χ1v) is 14.9. The van der Waals surface area contributed by atoms with Gasteiger partial charge in [-0.05, 0) is 29.0 Å². The molecule has 0 saturated heterocycles. The molecule has 0 amide bonds. The van der Waals surface area contributed by atoms with Crippen molar-refractivity contribution < 1.29 is 0 Å². The second kappa shape index (κ2) is 9.10. The van der Waals surface area contributed by atoms with Crippen molar-refractivity contribution in [1.29, 1.82) is 0 Å². The van der Waals surface area contributed by atoms with Gasteiger partial charge in [-0.15, -0.1) is 11.3 Å². The molecule has 0 N–H and O–H groups in total. The van der Waals surface area contributed by atoms with Crippen molar-refractivity contribution in [3.8, 4) is 28.3 Å². The second-order valence-electron chi connectivity index (χ2n) is 10.6. The summed E-state index contributed by atoms with van der Waals surface area (Å²) in [6, 6.07) is 47.2. The molecule has 3 nitrogen and oxygen atoms in total. The van der Waals surface area contributed by atoms with Crippen molar-refractivity contribution in [2.24, 2.45) is 0 Å². The molecule has 0 bridgehead atoms. The number of hydrogen-bond acceptors (Lipinski definition) is 3. The Bertz CT molecular complexity index is 2460. The van der Waals surface area contributed by atoms with E-state index in [1.807, 2.05) is 41.8 Å². The summed E-state index contributed by atoms with van der Waals surface area (Å²) in [6.45, 7) is 0. The summed E-state index contributed by atoms with van der Waals surface area (Å²) in [5, 5.41) is 7.65. The van der Waals surface area contributed by atoms with Gasteiger partial charge in [-0.2, -0.15) is 0 Å². The maximum atomic E-state index is 5.21. The molecule has 0 unspecified atom stereocenters. The van der Waals surface area contributed by atoms with E-state index in [-0.39, 0.29) is 0 Å². The van der Waals surface area contributed by atoms with Crippen LogP contribution in [0.3, 0.4) is 0 Å². The second-order valence-corrected chi connectivity index (χ2v) is 11.7. The van der Waals surface area contributed by atoms with Crippen LogP contribution in [0.4, 0.5) is 0 Å². The number of fused-ring (bicyclic) bond motifs is 9. The summed E-state index contributed by atoms with van der Waals surface area (Å²) in [5.41, 5.74) is 6.26. The van der Waals surface area contributed by atoms with Gasteiger partial charge in [0.2, 0.25) is 0 Å². The van der Waals surface area contributed by atoms with Crippen LogP contribution in [0, 0.1) is 0 Å². The Labute approximate surface area is 246 Å². The summed E-state index contributed by atoms with van der Waals surface area (Å²) in [4.78, 5) is 10.1. The maximum absolute atomic E-state index is 5.21. The molecule has 4 heteroatoms. The highest BCUT2D eigenvalue weighted by Gasteiger charge is 2.22. The van der Waals surface area contributed by atoms with Crippen LogP contribution >= 0.6 is 11.3 Å². The molecular formula is C38H23N3S. The van der Waals surface area contributed by atoms with E-state index in [0.717, 1.165) is 39.4 Å². The van der Waals surface area contributed by atoms with Crippen LogP contribution in [0.1, 0.15) is 0 Å². The van der Waals surface area contributed by atoms with E-state index in [1.165, 1.54) is 41.7 Å². The van der Waals surface area contributed by atoms with E-state index in [1.54, 1.807) is 0 Å². The van der Waals surface area contributed by atoms with Crippen LogP contribution in [-0.2, 0) is 0 Å². The van der Waals surface area contributed by atoms with Crippen LogP contribution in [0.15, 0.2) is 140 Å². The Morgan fingerprint density at radius 2 is 1.19 bits per heavy atom. The maximum Gasteiger partial charge on any atom is 0.159 e. The Morgan fingerprint density at radius 1 is 0.524 bits per heavy atom. The number of benzene rings is 6. The summed E-state index contributed by atoms with van der Waals surface area (Å²) in [6.07, 6.45) is 2.00. The molecule has 0 aliphatic heterocycles. The largest absolute Gasteiger partial charge is 0.306 e. The molecule has 196 valence electrons. The highest BCUT2D eigenvalue weighted by molar-refractivity contribution is 7.26. The molecular weight excluding hydrogens is 531 g/mol. The van der Waals surface area contributed by atoms with Gasteiger partial charge in [0.1, 0.15) is 0 Å². The van der Waals surface area contributed by atoms with Crippen molar-refractivity contribution in [1.82, 2.24) is 14.5 Å². The van der Waals surface area contributed by atoms with Crippen LogP contribution < -0.4 is 0 Å². The van der Waals surface area contributed by atoms with Crippen molar-refractivity contribution in [2.45, 2.75) is 0 Å². The lowest BCUT2D eigenvalue weighted by Crippen LogP contribution is -2.02. The van der Waals surface area contributed by atoms with Gasteiger partial charge >= 0.3 is 0 Å². The Balaban J connectivity index is 1.46. The van der Waals surface area contributed by atoms with Crippen molar-refractivity contribution in [3.63, 3.8) is 0 Å². The van der Waals surface area contributed by atoms with Crippen LogP contribution in [-0.4, -0.2) is 14.5 Å². The Hall–Kier alpha value is -5.32. The van der Waals surface area contributed by atoms with E-state index in [2.05, 4.69) is 114 Å². The molecule has 9 aromatic rings. The molecule has 0 saturated carbocycles. The lowest BCUT2D eigenvalue weighted by atomic mass is 10.0. The zero-order valence-corrected chi connectivity index (χ0v) is 23.3. The fourth-order valence-electron chi connectivity index (χ4n) is 6.38. The summed E-state index contributed by atoms with van der Waals surface area (Å²) < 4.78 is 5.00. The molecule has 0 radical (unpaired) electrons. The minimum Gasteiger partial charge on any atom is -0.306 e. The minimum atomic E-state index is 0.719. The Morgan fingerprint density at radius 3 is 2.02 bits per heavy atom. The predicted molar refractivity (Wildman–Crippen MR) is 178 cm³/mol. The minimum absolute atomic E-state index is 0.719. The van der Waals surface area contributed by atoms with E-state index >= 15 is 0 Å². The number of aromatic nitrogens is 3. The molecule has 0 spiro atoms. The number of rotatable bonds is 3. The van der Waals surface area contributed by atoms with Gasteiger partial charge in [-0.1, -0.05) is 115 Å². The first kappa shape index (κ1) is 23.4. The third-order valence-electron chi connectivity index (χ3n) is 8.25. The molecule has 6 aromatic carbocycles. The quantitative estimate of drug-likeness (QED) is 0.218. The third-order valence-corrected chi connectivity index (χ3v) is 9.46. The van der Waals surface area contributed by atoms with Crippen LogP contribution in [0.25, 0.3) is 81.1 Å². The topological polar surface area (TPSA) is 30.7 Å². The fraction of sp³-hybridized carbons (Fsp3) is 0. The number of nitrogens with zero attached hydrogens (tertiary/aromatic N) is 3. The summed E-state index contributed by atoms with van der Waals surface area (Å²) in [7, 11) is 0. The molecule has 0 aliphatic carbocycles. The lowest BCUT2D eigenvalue weighted by Gasteiger charge is -2.14. The molecule has 0 atom stereocenters. The monoisotopic (exact) mass is 553 g/mol. The summed E-state index contributed by atoms with van der Waals surface area (Å²) in [5.74, 6) is 0.719. The van der Waals surface area contributed by atoms with Crippen molar-refractivity contribution in [3.05, 3.63) is 140 Å².